The first-order valence-corrected chi connectivity index (χ1v) is 12.2. The summed E-state index contributed by atoms with van der Waals surface area (Å²) in [5, 5.41) is 1.98. The highest BCUT2D eigenvalue weighted by atomic mass is 32.2. The Balaban J connectivity index is 1.62. The molecule has 0 unspecified atom stereocenters. The highest BCUT2D eigenvalue weighted by Gasteiger charge is 2.29. The molecule has 0 spiro atoms. The standard InChI is InChI=1S/C19H30N2O3S2/c1-19(2)7-4-9-20(12-8-19)18(22)16-13-17(25-14-16)15-5-10-21(11-6-15)26(3,23)24/h13-15H,4-12H2,1-3H3. The van der Waals surface area contributed by atoms with Crippen molar-refractivity contribution >= 4 is 27.3 Å². The van der Waals surface area contributed by atoms with Gasteiger partial charge < -0.3 is 4.90 Å². The molecule has 0 atom stereocenters. The molecule has 0 bridgehead atoms. The van der Waals surface area contributed by atoms with E-state index in [1.807, 2.05) is 16.3 Å². The lowest BCUT2D eigenvalue weighted by atomic mass is 9.85. The molecular weight excluding hydrogens is 368 g/mol. The van der Waals surface area contributed by atoms with Gasteiger partial charge in [-0.2, -0.15) is 0 Å². The summed E-state index contributed by atoms with van der Waals surface area (Å²) in [5.41, 5.74) is 1.12. The Morgan fingerprint density at radius 2 is 1.85 bits per heavy atom. The van der Waals surface area contributed by atoms with Gasteiger partial charge in [0.1, 0.15) is 0 Å². The molecule has 0 aliphatic carbocycles. The second-order valence-electron chi connectivity index (χ2n) is 8.48. The summed E-state index contributed by atoms with van der Waals surface area (Å²) in [6.07, 6.45) is 6.24. The average Bonchev–Trinajstić information content (AvgIpc) is 2.99. The molecule has 0 radical (unpaired) electrons. The molecule has 26 heavy (non-hydrogen) atoms. The minimum atomic E-state index is -3.09. The Kier molecular flexibility index (Phi) is 5.80. The number of amides is 1. The fourth-order valence-corrected chi connectivity index (χ4v) is 5.89. The number of hydrogen-bond donors (Lipinski definition) is 0. The quantitative estimate of drug-likeness (QED) is 0.782. The van der Waals surface area contributed by atoms with Crippen LogP contribution in [0.2, 0.25) is 0 Å². The number of thiophene rings is 1. The summed E-state index contributed by atoms with van der Waals surface area (Å²) in [6.45, 7) is 7.40. The predicted octanol–water partition coefficient (Wildman–Crippen LogP) is 3.54. The van der Waals surface area contributed by atoms with E-state index < -0.39 is 10.0 Å². The smallest absolute Gasteiger partial charge is 0.254 e. The maximum atomic E-state index is 12.9. The van der Waals surface area contributed by atoms with Crippen LogP contribution in [0.4, 0.5) is 0 Å². The van der Waals surface area contributed by atoms with E-state index in [9.17, 15) is 13.2 Å². The number of piperidine rings is 1. The van der Waals surface area contributed by atoms with Crippen LogP contribution in [0.1, 0.15) is 67.1 Å². The van der Waals surface area contributed by atoms with Crippen LogP contribution in [0.15, 0.2) is 11.4 Å². The molecule has 1 amide bonds. The molecule has 2 fully saturated rings. The van der Waals surface area contributed by atoms with Gasteiger partial charge in [0.2, 0.25) is 10.0 Å². The van der Waals surface area contributed by atoms with Crippen LogP contribution in [-0.2, 0) is 10.0 Å². The van der Waals surface area contributed by atoms with Crippen LogP contribution < -0.4 is 0 Å². The number of carbonyl (C=O) groups is 1. The van der Waals surface area contributed by atoms with Crippen molar-refractivity contribution in [3.05, 3.63) is 21.9 Å². The number of rotatable bonds is 3. The molecule has 7 heteroatoms. The summed E-state index contributed by atoms with van der Waals surface area (Å²) in [7, 11) is -3.09. The van der Waals surface area contributed by atoms with Gasteiger partial charge in [0.15, 0.2) is 0 Å². The lowest BCUT2D eigenvalue weighted by molar-refractivity contribution is 0.0758. The van der Waals surface area contributed by atoms with Crippen molar-refractivity contribution in [1.82, 2.24) is 9.21 Å². The fourth-order valence-electron chi connectivity index (χ4n) is 3.96. The first kappa shape index (κ1) is 19.8. The van der Waals surface area contributed by atoms with Gasteiger partial charge in [-0.1, -0.05) is 13.8 Å². The van der Waals surface area contributed by atoms with E-state index in [-0.39, 0.29) is 5.91 Å². The van der Waals surface area contributed by atoms with E-state index in [0.29, 0.717) is 24.4 Å². The lowest BCUT2D eigenvalue weighted by Gasteiger charge is -2.29. The number of hydrogen-bond acceptors (Lipinski definition) is 4. The molecule has 0 saturated carbocycles. The minimum absolute atomic E-state index is 0.152. The summed E-state index contributed by atoms with van der Waals surface area (Å²) in [5.74, 6) is 0.515. The largest absolute Gasteiger partial charge is 0.339 e. The monoisotopic (exact) mass is 398 g/mol. The number of likely N-dealkylation sites (tertiary alicyclic amines) is 1. The molecule has 0 aromatic carbocycles. The van der Waals surface area contributed by atoms with Gasteiger partial charge >= 0.3 is 0 Å². The fraction of sp³-hybridized carbons (Fsp3) is 0.737. The third kappa shape index (κ3) is 4.67. The third-order valence-electron chi connectivity index (χ3n) is 5.82. The molecule has 1 aromatic heterocycles. The topological polar surface area (TPSA) is 57.7 Å². The van der Waals surface area contributed by atoms with Gasteiger partial charge in [-0.05, 0) is 49.5 Å². The Morgan fingerprint density at radius 1 is 1.15 bits per heavy atom. The van der Waals surface area contributed by atoms with Crippen LogP contribution >= 0.6 is 11.3 Å². The Labute approximate surface area is 161 Å². The first-order chi connectivity index (χ1) is 12.2. The summed E-state index contributed by atoms with van der Waals surface area (Å²) in [6, 6.07) is 2.05. The molecule has 0 N–H and O–H groups in total. The minimum Gasteiger partial charge on any atom is -0.339 e. The number of sulfonamides is 1. The maximum Gasteiger partial charge on any atom is 0.254 e. The molecule has 5 nitrogen and oxygen atoms in total. The van der Waals surface area contributed by atoms with E-state index in [4.69, 9.17) is 0 Å². The van der Waals surface area contributed by atoms with Crippen LogP contribution in [-0.4, -0.2) is 56.0 Å². The van der Waals surface area contributed by atoms with E-state index in [2.05, 4.69) is 13.8 Å². The molecule has 3 rings (SSSR count). The lowest BCUT2D eigenvalue weighted by Crippen LogP contribution is -2.37. The molecule has 2 aliphatic rings. The van der Waals surface area contributed by atoms with E-state index in [1.54, 1.807) is 15.6 Å². The SMILES string of the molecule is CC1(C)CCCN(C(=O)c2csc(C3CCN(S(C)(=O)=O)CC3)c2)CC1. The van der Waals surface area contributed by atoms with Crippen molar-refractivity contribution < 1.29 is 13.2 Å². The number of nitrogens with zero attached hydrogens (tertiary/aromatic N) is 2. The van der Waals surface area contributed by atoms with Crippen LogP contribution in [0, 0.1) is 5.41 Å². The zero-order valence-corrected chi connectivity index (χ0v) is 17.7. The third-order valence-corrected chi connectivity index (χ3v) is 8.22. The Bertz CT molecular complexity index is 747. The Morgan fingerprint density at radius 3 is 2.50 bits per heavy atom. The second-order valence-corrected chi connectivity index (χ2v) is 11.4. The number of carbonyl (C=O) groups excluding carboxylic acids is 1. The molecule has 3 heterocycles. The molecular formula is C19H30N2O3S2. The van der Waals surface area contributed by atoms with Gasteiger partial charge in [-0.15, -0.1) is 11.3 Å². The Hall–Kier alpha value is -0.920. The molecule has 146 valence electrons. The zero-order valence-electron chi connectivity index (χ0n) is 16.0. The normalized spacial score (nSPS) is 23.0. The van der Waals surface area contributed by atoms with Gasteiger partial charge in [-0.25, -0.2) is 12.7 Å². The van der Waals surface area contributed by atoms with Gasteiger partial charge in [-0.3, -0.25) is 4.79 Å². The molecule has 2 aliphatic heterocycles. The summed E-state index contributed by atoms with van der Waals surface area (Å²) >= 11 is 1.65. The van der Waals surface area contributed by atoms with Crippen LogP contribution in [0.3, 0.4) is 0 Å². The van der Waals surface area contributed by atoms with Gasteiger partial charge in [0.25, 0.3) is 5.91 Å². The predicted molar refractivity (Wildman–Crippen MR) is 106 cm³/mol. The summed E-state index contributed by atoms with van der Waals surface area (Å²) in [4.78, 5) is 16.1. The summed E-state index contributed by atoms with van der Waals surface area (Å²) < 4.78 is 24.9. The molecule has 1 aromatic rings. The van der Waals surface area contributed by atoms with Crippen molar-refractivity contribution in [3.63, 3.8) is 0 Å². The highest BCUT2D eigenvalue weighted by molar-refractivity contribution is 7.88. The van der Waals surface area contributed by atoms with Crippen LogP contribution in [0.25, 0.3) is 0 Å². The highest BCUT2D eigenvalue weighted by Crippen LogP contribution is 2.34. The van der Waals surface area contributed by atoms with Crippen molar-refractivity contribution in [2.24, 2.45) is 5.41 Å². The van der Waals surface area contributed by atoms with E-state index in [0.717, 1.165) is 44.3 Å². The first-order valence-electron chi connectivity index (χ1n) is 9.48. The van der Waals surface area contributed by atoms with Crippen molar-refractivity contribution in [2.75, 3.05) is 32.4 Å². The molecule has 2 saturated heterocycles. The van der Waals surface area contributed by atoms with E-state index >= 15 is 0 Å². The average molecular weight is 399 g/mol. The van der Waals surface area contributed by atoms with Gasteiger partial charge in [0, 0.05) is 36.4 Å². The van der Waals surface area contributed by atoms with Crippen molar-refractivity contribution in [1.29, 1.82) is 0 Å². The zero-order chi connectivity index (χ0) is 18.9. The van der Waals surface area contributed by atoms with Crippen molar-refractivity contribution in [2.45, 2.75) is 51.9 Å². The van der Waals surface area contributed by atoms with Crippen LogP contribution in [0.5, 0.6) is 0 Å². The van der Waals surface area contributed by atoms with Crippen molar-refractivity contribution in [3.8, 4) is 0 Å². The van der Waals surface area contributed by atoms with Gasteiger partial charge in [0.05, 0.1) is 11.8 Å². The second kappa shape index (κ2) is 7.60. The van der Waals surface area contributed by atoms with E-state index in [1.165, 1.54) is 17.6 Å². The maximum absolute atomic E-state index is 12.9.